The van der Waals surface area contributed by atoms with Crippen LogP contribution in [0.25, 0.3) is 11.5 Å². The largest absolute Gasteiger partial charge is 0.481 e. The number of amides is 1. The average Bonchev–Trinajstić information content (AvgIpc) is 3.12. The van der Waals surface area contributed by atoms with Crippen molar-refractivity contribution in [1.82, 2.24) is 15.1 Å². The summed E-state index contributed by atoms with van der Waals surface area (Å²) in [6, 6.07) is 15.4. The monoisotopic (exact) mass is 365 g/mol. The minimum Gasteiger partial charge on any atom is -0.481 e. The summed E-state index contributed by atoms with van der Waals surface area (Å²) in [7, 11) is 1.69. The second-order valence-electron chi connectivity index (χ2n) is 6.63. The smallest absolute Gasteiger partial charge is 0.263 e. The van der Waals surface area contributed by atoms with Gasteiger partial charge in [-0.25, -0.2) is 0 Å². The molecule has 27 heavy (non-hydrogen) atoms. The highest BCUT2D eigenvalue weighted by Gasteiger charge is 2.21. The lowest BCUT2D eigenvalue weighted by Gasteiger charge is -2.20. The predicted molar refractivity (Wildman–Crippen MR) is 102 cm³/mol. The van der Waals surface area contributed by atoms with Crippen LogP contribution in [0.5, 0.6) is 5.75 Å². The number of rotatable bonds is 6. The number of ether oxygens (including phenoxy) is 1. The first-order valence-electron chi connectivity index (χ1n) is 8.80. The zero-order valence-corrected chi connectivity index (χ0v) is 16.0. The minimum atomic E-state index is -0.614. The molecule has 6 heteroatoms. The van der Waals surface area contributed by atoms with E-state index in [2.05, 4.69) is 10.2 Å². The molecule has 3 rings (SSSR count). The minimum absolute atomic E-state index is 0.161. The number of likely N-dealkylation sites (N-methyl/N-ethyl adjacent to an activating group) is 1. The SMILES string of the molecule is Cc1ccc(O[C@H](C)C(=O)N(C)Cc2nnc(-c3ccc(C)cc3)o2)cc1. The van der Waals surface area contributed by atoms with Gasteiger partial charge in [-0.2, -0.15) is 0 Å². The van der Waals surface area contributed by atoms with E-state index in [4.69, 9.17) is 9.15 Å². The highest BCUT2D eigenvalue weighted by Crippen LogP contribution is 2.19. The fraction of sp³-hybridized carbons (Fsp3) is 0.286. The zero-order chi connectivity index (χ0) is 19.4. The van der Waals surface area contributed by atoms with Crippen molar-refractivity contribution in [2.45, 2.75) is 33.4 Å². The first kappa shape index (κ1) is 18.6. The van der Waals surface area contributed by atoms with Gasteiger partial charge in [0, 0.05) is 12.6 Å². The predicted octanol–water partition coefficient (Wildman–Crippen LogP) is 3.78. The third-order valence-corrected chi connectivity index (χ3v) is 4.20. The van der Waals surface area contributed by atoms with Gasteiger partial charge in [-0.1, -0.05) is 35.4 Å². The van der Waals surface area contributed by atoms with E-state index in [1.807, 2.05) is 62.4 Å². The Morgan fingerprint density at radius 2 is 1.63 bits per heavy atom. The summed E-state index contributed by atoms with van der Waals surface area (Å²) < 4.78 is 11.4. The summed E-state index contributed by atoms with van der Waals surface area (Å²) >= 11 is 0. The number of aryl methyl sites for hydroxylation is 2. The molecular formula is C21H23N3O3. The lowest BCUT2D eigenvalue weighted by atomic mass is 10.1. The lowest BCUT2D eigenvalue weighted by Crippen LogP contribution is -2.37. The van der Waals surface area contributed by atoms with Crippen molar-refractivity contribution in [3.8, 4) is 17.2 Å². The van der Waals surface area contributed by atoms with Crippen LogP contribution in [0.15, 0.2) is 52.9 Å². The molecule has 0 aliphatic carbocycles. The maximum Gasteiger partial charge on any atom is 0.263 e. The molecule has 1 amide bonds. The maximum absolute atomic E-state index is 12.5. The molecule has 6 nitrogen and oxygen atoms in total. The molecule has 140 valence electrons. The summed E-state index contributed by atoms with van der Waals surface area (Å²) in [5, 5.41) is 8.10. The van der Waals surface area contributed by atoms with E-state index in [1.54, 1.807) is 14.0 Å². The maximum atomic E-state index is 12.5. The van der Waals surface area contributed by atoms with Crippen LogP contribution < -0.4 is 4.74 Å². The molecule has 0 spiro atoms. The van der Waals surface area contributed by atoms with Gasteiger partial charge >= 0.3 is 0 Å². The van der Waals surface area contributed by atoms with Crippen LogP contribution in [0, 0.1) is 13.8 Å². The van der Waals surface area contributed by atoms with Crippen LogP contribution >= 0.6 is 0 Å². The summed E-state index contributed by atoms with van der Waals surface area (Å²) in [6.07, 6.45) is -0.614. The number of aromatic nitrogens is 2. The zero-order valence-electron chi connectivity index (χ0n) is 16.0. The third-order valence-electron chi connectivity index (χ3n) is 4.20. The van der Waals surface area contributed by atoms with Gasteiger partial charge in [-0.15, -0.1) is 10.2 Å². The Labute approximate surface area is 158 Å². The Hall–Kier alpha value is -3.15. The molecule has 0 bridgehead atoms. The molecule has 0 aliphatic heterocycles. The molecule has 3 aromatic rings. The van der Waals surface area contributed by atoms with E-state index in [9.17, 15) is 4.79 Å². The van der Waals surface area contributed by atoms with Crippen molar-refractivity contribution in [3.05, 3.63) is 65.5 Å². The first-order valence-corrected chi connectivity index (χ1v) is 8.80. The molecule has 1 heterocycles. The average molecular weight is 365 g/mol. The highest BCUT2D eigenvalue weighted by atomic mass is 16.5. The standard InChI is InChI=1S/C21H23N3O3/c1-14-5-9-17(10-6-14)20-23-22-19(27-20)13-24(4)21(25)16(3)26-18-11-7-15(2)8-12-18/h5-12,16H,13H2,1-4H3/t16-/m1/s1. The normalized spacial score (nSPS) is 11.9. The van der Waals surface area contributed by atoms with E-state index >= 15 is 0 Å². The summed E-state index contributed by atoms with van der Waals surface area (Å²) in [4.78, 5) is 14.1. The summed E-state index contributed by atoms with van der Waals surface area (Å²) in [6.45, 7) is 5.97. The Morgan fingerprint density at radius 3 is 2.26 bits per heavy atom. The topological polar surface area (TPSA) is 68.5 Å². The number of benzene rings is 2. The van der Waals surface area contributed by atoms with Gasteiger partial charge in [0.05, 0.1) is 6.54 Å². The number of carbonyl (C=O) groups excluding carboxylic acids is 1. The van der Waals surface area contributed by atoms with Crippen LogP contribution in [0.3, 0.4) is 0 Å². The van der Waals surface area contributed by atoms with Crippen LogP contribution in [-0.2, 0) is 11.3 Å². The fourth-order valence-corrected chi connectivity index (χ4v) is 2.59. The number of hydrogen-bond donors (Lipinski definition) is 0. The highest BCUT2D eigenvalue weighted by molar-refractivity contribution is 5.80. The second-order valence-corrected chi connectivity index (χ2v) is 6.63. The van der Waals surface area contributed by atoms with E-state index in [-0.39, 0.29) is 12.5 Å². The molecule has 0 saturated carbocycles. The molecule has 0 radical (unpaired) electrons. The molecule has 0 aliphatic rings. The van der Waals surface area contributed by atoms with Gasteiger partial charge < -0.3 is 14.1 Å². The van der Waals surface area contributed by atoms with Gasteiger partial charge in [-0.3, -0.25) is 4.79 Å². The Bertz CT molecular complexity index is 901. The second kappa shape index (κ2) is 8.03. The van der Waals surface area contributed by atoms with Crippen molar-refractivity contribution in [3.63, 3.8) is 0 Å². The first-order chi connectivity index (χ1) is 12.9. The Balaban J connectivity index is 1.60. The van der Waals surface area contributed by atoms with Gasteiger partial charge in [-0.05, 0) is 45.0 Å². The molecule has 1 atom stereocenters. The van der Waals surface area contributed by atoms with E-state index in [0.717, 1.165) is 16.7 Å². The van der Waals surface area contributed by atoms with Crippen molar-refractivity contribution in [2.24, 2.45) is 0 Å². The quantitative estimate of drug-likeness (QED) is 0.665. The Morgan fingerprint density at radius 1 is 1.04 bits per heavy atom. The Kier molecular flexibility index (Phi) is 5.54. The summed E-state index contributed by atoms with van der Waals surface area (Å²) in [5.41, 5.74) is 3.15. The molecule has 0 saturated heterocycles. The molecule has 0 unspecified atom stereocenters. The van der Waals surface area contributed by atoms with Crippen molar-refractivity contribution in [2.75, 3.05) is 7.05 Å². The number of nitrogens with zero attached hydrogens (tertiary/aromatic N) is 3. The molecule has 1 aromatic heterocycles. The van der Waals surface area contributed by atoms with Crippen LogP contribution in [0.1, 0.15) is 23.9 Å². The third kappa shape index (κ3) is 4.73. The van der Waals surface area contributed by atoms with Crippen molar-refractivity contribution in [1.29, 1.82) is 0 Å². The fourth-order valence-electron chi connectivity index (χ4n) is 2.59. The molecule has 2 aromatic carbocycles. The van der Waals surface area contributed by atoms with Crippen LogP contribution in [0.4, 0.5) is 0 Å². The number of carbonyl (C=O) groups is 1. The van der Waals surface area contributed by atoms with Gasteiger partial charge in [0.1, 0.15) is 5.75 Å². The van der Waals surface area contributed by atoms with Crippen LogP contribution in [-0.4, -0.2) is 34.2 Å². The molecular weight excluding hydrogens is 342 g/mol. The number of hydrogen-bond acceptors (Lipinski definition) is 5. The van der Waals surface area contributed by atoms with Crippen LogP contribution in [0.2, 0.25) is 0 Å². The molecule has 0 N–H and O–H groups in total. The van der Waals surface area contributed by atoms with Gasteiger partial charge in [0.25, 0.3) is 5.91 Å². The summed E-state index contributed by atoms with van der Waals surface area (Å²) in [5.74, 6) is 1.32. The molecule has 0 fully saturated rings. The van der Waals surface area contributed by atoms with E-state index < -0.39 is 6.10 Å². The van der Waals surface area contributed by atoms with Gasteiger partial charge in [0.15, 0.2) is 6.10 Å². The van der Waals surface area contributed by atoms with E-state index in [1.165, 1.54) is 4.90 Å². The van der Waals surface area contributed by atoms with Gasteiger partial charge in [0.2, 0.25) is 11.8 Å². The van der Waals surface area contributed by atoms with Crippen molar-refractivity contribution < 1.29 is 13.9 Å². The van der Waals surface area contributed by atoms with E-state index in [0.29, 0.717) is 17.5 Å². The van der Waals surface area contributed by atoms with Crippen molar-refractivity contribution >= 4 is 5.91 Å². The lowest BCUT2D eigenvalue weighted by molar-refractivity contribution is -0.137.